The highest BCUT2D eigenvalue weighted by atomic mass is 32.1. The van der Waals surface area contributed by atoms with Crippen LogP contribution in [0.15, 0.2) is 48.9 Å². The molecule has 1 saturated heterocycles. The van der Waals surface area contributed by atoms with Crippen LogP contribution in [-0.2, 0) is 11.3 Å². The fourth-order valence-corrected chi connectivity index (χ4v) is 5.40. The zero-order valence-corrected chi connectivity index (χ0v) is 25.8. The molecule has 4 aromatic rings. The van der Waals surface area contributed by atoms with Crippen molar-refractivity contribution in [2.45, 2.75) is 60.6 Å². The Morgan fingerprint density at radius 3 is 2.34 bits per heavy atom. The van der Waals surface area contributed by atoms with Crippen molar-refractivity contribution >= 4 is 34.7 Å². The lowest BCUT2D eigenvalue weighted by Crippen LogP contribution is -2.50. The summed E-state index contributed by atoms with van der Waals surface area (Å²) in [4.78, 5) is 41.3. The first-order valence-electron chi connectivity index (χ1n) is 14.1. The second kappa shape index (κ2) is 12.7. The van der Waals surface area contributed by atoms with Gasteiger partial charge in [-0.15, -0.1) is 11.3 Å². The lowest BCUT2D eigenvalue weighted by Gasteiger charge is -2.36. The Balaban J connectivity index is 0.00000189. The third-order valence-electron chi connectivity index (χ3n) is 6.54. The van der Waals surface area contributed by atoms with Crippen LogP contribution in [0, 0.1) is 13.8 Å². The number of aromatic nitrogens is 3. The van der Waals surface area contributed by atoms with Crippen molar-refractivity contribution in [3.63, 3.8) is 0 Å². The molecule has 5 heterocycles. The van der Waals surface area contributed by atoms with E-state index in [-0.39, 0.29) is 12.0 Å². The van der Waals surface area contributed by atoms with E-state index in [4.69, 9.17) is 9.72 Å². The number of ether oxygens (including phenoxy) is 1. The topological polar surface area (TPSA) is 92.1 Å². The molecule has 1 fully saturated rings. The molecule has 1 aliphatic heterocycles. The highest BCUT2D eigenvalue weighted by Crippen LogP contribution is 2.32. The maximum absolute atomic E-state index is 13.4. The van der Waals surface area contributed by atoms with Gasteiger partial charge in [0.05, 0.1) is 28.0 Å². The number of carbonyl (C=O) groups is 2. The number of piperazine rings is 1. The number of nitrogens with one attached hydrogen (secondary N) is 1. The molecule has 2 amide bonds. The second-order valence-corrected chi connectivity index (χ2v) is 12.1. The average molecular weight is 577 g/mol. The molecule has 1 aliphatic rings. The summed E-state index contributed by atoms with van der Waals surface area (Å²) >= 11 is 1.69. The quantitative estimate of drug-likeness (QED) is 0.309. The van der Waals surface area contributed by atoms with Crippen LogP contribution in [0.1, 0.15) is 61.1 Å². The summed E-state index contributed by atoms with van der Waals surface area (Å²) in [6.45, 7) is 16.3. The van der Waals surface area contributed by atoms with E-state index in [2.05, 4.69) is 34.3 Å². The largest absolute Gasteiger partial charge is 0.444 e. The van der Waals surface area contributed by atoms with Crippen LogP contribution in [0.5, 0.6) is 0 Å². The van der Waals surface area contributed by atoms with E-state index in [9.17, 15) is 9.59 Å². The first kappa shape index (κ1) is 30.0. The van der Waals surface area contributed by atoms with Gasteiger partial charge in [-0.1, -0.05) is 19.9 Å². The highest BCUT2D eigenvalue weighted by Gasteiger charge is 2.28. The Kier molecular flexibility index (Phi) is 9.32. The lowest BCUT2D eigenvalue weighted by molar-refractivity contribution is 0.0240. The number of pyridine rings is 2. The van der Waals surface area contributed by atoms with Gasteiger partial charge in [-0.05, 0) is 64.4 Å². The summed E-state index contributed by atoms with van der Waals surface area (Å²) in [5, 5.41) is 3.03. The molecule has 41 heavy (non-hydrogen) atoms. The molecular weight excluding hydrogens is 536 g/mol. The molecule has 9 nitrogen and oxygen atoms in total. The van der Waals surface area contributed by atoms with Crippen LogP contribution in [0.25, 0.3) is 16.2 Å². The average Bonchev–Trinajstić information content (AvgIpc) is 3.58. The van der Waals surface area contributed by atoms with Crippen LogP contribution in [0.2, 0.25) is 0 Å². The van der Waals surface area contributed by atoms with Crippen LogP contribution in [0.3, 0.4) is 0 Å². The first-order valence-corrected chi connectivity index (χ1v) is 14.9. The Bertz CT molecular complexity index is 1490. The van der Waals surface area contributed by atoms with E-state index in [1.807, 2.05) is 76.5 Å². The second-order valence-electron chi connectivity index (χ2n) is 10.8. The van der Waals surface area contributed by atoms with E-state index in [1.54, 1.807) is 22.4 Å². The number of carbonyl (C=O) groups excluding carboxylic acids is 2. The van der Waals surface area contributed by atoms with E-state index in [0.717, 1.165) is 33.2 Å². The monoisotopic (exact) mass is 576 g/mol. The SMILES string of the molecule is CC.Cc1ccc(CNC(=O)c2cc(N3CCN(C(=O)OC(C)(C)C)CC3)c3ncc(-c4ccc(C)s4)n3c2)cn1. The summed E-state index contributed by atoms with van der Waals surface area (Å²) in [7, 11) is 0. The Morgan fingerprint density at radius 1 is 1.00 bits per heavy atom. The van der Waals surface area contributed by atoms with Gasteiger partial charge >= 0.3 is 6.09 Å². The lowest BCUT2D eigenvalue weighted by atomic mass is 10.2. The van der Waals surface area contributed by atoms with E-state index in [1.165, 1.54) is 4.88 Å². The number of imidazole rings is 1. The number of nitrogens with zero attached hydrogens (tertiary/aromatic N) is 5. The van der Waals surface area contributed by atoms with Gasteiger partial charge in [-0.3, -0.25) is 14.2 Å². The number of thiophene rings is 1. The van der Waals surface area contributed by atoms with Crippen molar-refractivity contribution < 1.29 is 14.3 Å². The van der Waals surface area contributed by atoms with Gasteiger partial charge in [0.1, 0.15) is 5.60 Å². The van der Waals surface area contributed by atoms with Gasteiger partial charge in [0.2, 0.25) is 0 Å². The summed E-state index contributed by atoms with van der Waals surface area (Å²) in [5.41, 5.74) is 4.45. The summed E-state index contributed by atoms with van der Waals surface area (Å²) in [5.74, 6) is -0.173. The number of aryl methyl sites for hydroxylation is 2. The number of amides is 2. The van der Waals surface area contributed by atoms with Gasteiger partial charge in [-0.25, -0.2) is 9.78 Å². The molecule has 0 aliphatic carbocycles. The van der Waals surface area contributed by atoms with Crippen LogP contribution >= 0.6 is 11.3 Å². The molecular formula is C31H40N6O3S. The predicted molar refractivity (Wildman–Crippen MR) is 165 cm³/mol. The molecule has 4 aromatic heterocycles. The van der Waals surface area contributed by atoms with E-state index in [0.29, 0.717) is 38.3 Å². The first-order chi connectivity index (χ1) is 19.6. The number of fused-ring (bicyclic) bond motifs is 1. The fraction of sp³-hybridized carbons (Fsp3) is 0.419. The van der Waals surface area contributed by atoms with Gasteiger partial charge in [0.15, 0.2) is 5.65 Å². The summed E-state index contributed by atoms with van der Waals surface area (Å²) in [6, 6.07) is 9.97. The molecule has 0 aromatic carbocycles. The maximum atomic E-state index is 13.4. The van der Waals surface area contributed by atoms with Crippen LogP contribution in [-0.4, -0.2) is 63.0 Å². The molecule has 0 radical (unpaired) electrons. The minimum absolute atomic E-state index is 0.173. The van der Waals surface area contributed by atoms with Gasteiger partial charge in [-0.2, -0.15) is 0 Å². The van der Waals surface area contributed by atoms with E-state index < -0.39 is 5.60 Å². The zero-order valence-electron chi connectivity index (χ0n) is 25.0. The Labute approximate surface area is 246 Å². The number of hydrogen-bond acceptors (Lipinski definition) is 7. The zero-order chi connectivity index (χ0) is 29.7. The number of anilines is 1. The normalized spacial score (nSPS) is 13.5. The maximum Gasteiger partial charge on any atom is 0.410 e. The van der Waals surface area contributed by atoms with Gasteiger partial charge in [0, 0.05) is 55.7 Å². The molecule has 218 valence electrons. The van der Waals surface area contributed by atoms with Crippen molar-refractivity contribution in [3.8, 4) is 10.6 Å². The molecule has 1 N–H and O–H groups in total. The van der Waals surface area contributed by atoms with Gasteiger partial charge < -0.3 is 19.9 Å². The van der Waals surface area contributed by atoms with Gasteiger partial charge in [0.25, 0.3) is 5.91 Å². The molecule has 5 rings (SSSR count). The molecule has 0 atom stereocenters. The predicted octanol–water partition coefficient (Wildman–Crippen LogP) is 6.09. The summed E-state index contributed by atoms with van der Waals surface area (Å²) < 4.78 is 7.56. The molecule has 0 spiro atoms. The Hall–Kier alpha value is -3.92. The number of rotatable bonds is 5. The third-order valence-corrected chi connectivity index (χ3v) is 7.56. The van der Waals surface area contributed by atoms with Crippen molar-refractivity contribution in [1.82, 2.24) is 24.6 Å². The number of hydrogen-bond donors (Lipinski definition) is 1. The molecule has 10 heteroatoms. The van der Waals surface area contributed by atoms with Crippen molar-refractivity contribution in [3.05, 3.63) is 70.6 Å². The minimum Gasteiger partial charge on any atom is -0.444 e. The minimum atomic E-state index is -0.539. The smallest absolute Gasteiger partial charge is 0.410 e. The van der Waals surface area contributed by atoms with Crippen molar-refractivity contribution in [1.29, 1.82) is 0 Å². The molecule has 0 saturated carbocycles. The molecule has 0 unspecified atom stereocenters. The molecule has 0 bridgehead atoms. The summed E-state index contributed by atoms with van der Waals surface area (Å²) in [6.07, 6.45) is 5.19. The Morgan fingerprint density at radius 2 is 1.73 bits per heavy atom. The van der Waals surface area contributed by atoms with Crippen molar-refractivity contribution in [2.24, 2.45) is 0 Å². The van der Waals surface area contributed by atoms with Crippen molar-refractivity contribution in [2.75, 3.05) is 31.1 Å². The third kappa shape index (κ3) is 7.24. The fourth-order valence-electron chi connectivity index (χ4n) is 4.52. The van der Waals surface area contributed by atoms with E-state index >= 15 is 0 Å². The standard InChI is InChI=1S/C29H34N6O3S.C2H6/c1-19-6-8-21(15-30-19)16-32-27(36)22-14-23(33-10-12-34(13-11-33)28(37)38-29(3,4)5)26-31-17-24(35(26)18-22)25-9-7-20(2)39-25;1-2/h6-9,14-15,17-18H,10-13,16H2,1-5H3,(H,32,36);1-2H3. The van der Waals surface area contributed by atoms with Crippen LogP contribution in [0.4, 0.5) is 10.5 Å². The highest BCUT2D eigenvalue weighted by molar-refractivity contribution is 7.15. The van der Waals surface area contributed by atoms with Crippen LogP contribution < -0.4 is 10.2 Å².